The lowest BCUT2D eigenvalue weighted by Gasteiger charge is -2.33. The Balaban J connectivity index is 2.19. The molecule has 0 spiro atoms. The first kappa shape index (κ1) is 12.4. The van der Waals surface area contributed by atoms with E-state index in [2.05, 4.69) is 42.0 Å². The topological polar surface area (TPSA) is 28.2 Å². The van der Waals surface area contributed by atoms with E-state index in [1.54, 1.807) is 0 Å². The molecule has 1 aromatic rings. The lowest BCUT2D eigenvalue weighted by molar-refractivity contribution is 0.366. The third-order valence-corrected chi connectivity index (χ3v) is 3.70. The number of rotatable bonds is 2. The Bertz CT molecular complexity index is 377. The average molecular weight is 233 g/mol. The van der Waals surface area contributed by atoms with Gasteiger partial charge in [0.25, 0.3) is 0 Å². The third kappa shape index (κ3) is 2.97. The van der Waals surface area contributed by atoms with Crippen molar-refractivity contribution in [2.24, 2.45) is 0 Å². The summed E-state index contributed by atoms with van der Waals surface area (Å²) in [6.45, 7) is 9.97. The number of aromatic nitrogens is 1. The summed E-state index contributed by atoms with van der Waals surface area (Å²) >= 11 is 0. The number of hydrogen-bond donors (Lipinski definition) is 1. The summed E-state index contributed by atoms with van der Waals surface area (Å²) in [6, 6.07) is 2.23. The standard InChI is InChI=1S/C14H23N3/c1-4-14(3)11-17(7-5-6-16-14)13-8-12(2)9-15-10-13/h8-10,16H,4-7,11H2,1-3H3. The fraction of sp³-hybridized carbons (Fsp3) is 0.643. The van der Waals surface area contributed by atoms with Crippen LogP contribution in [-0.4, -0.2) is 30.2 Å². The molecule has 0 saturated carbocycles. The molecule has 0 radical (unpaired) electrons. The van der Waals surface area contributed by atoms with Gasteiger partial charge in [-0.25, -0.2) is 0 Å². The molecule has 0 aromatic carbocycles. The number of nitrogens with one attached hydrogen (secondary N) is 1. The first-order valence-electron chi connectivity index (χ1n) is 6.54. The van der Waals surface area contributed by atoms with Crippen molar-refractivity contribution in [1.29, 1.82) is 0 Å². The Morgan fingerprint density at radius 2 is 2.29 bits per heavy atom. The molecule has 1 aromatic heterocycles. The zero-order valence-corrected chi connectivity index (χ0v) is 11.2. The molecule has 1 atom stereocenters. The summed E-state index contributed by atoms with van der Waals surface area (Å²) in [7, 11) is 0. The number of nitrogens with zero attached hydrogens (tertiary/aromatic N) is 2. The SMILES string of the molecule is CCC1(C)CN(c2cncc(C)c2)CCCN1. The average Bonchev–Trinajstić information content (AvgIpc) is 2.52. The van der Waals surface area contributed by atoms with Crippen molar-refractivity contribution in [3.8, 4) is 0 Å². The molecule has 1 N–H and O–H groups in total. The van der Waals surface area contributed by atoms with Gasteiger partial charge < -0.3 is 10.2 Å². The van der Waals surface area contributed by atoms with Gasteiger partial charge in [0.05, 0.1) is 11.9 Å². The van der Waals surface area contributed by atoms with Gasteiger partial charge in [-0.1, -0.05) is 6.92 Å². The predicted octanol–water partition coefficient (Wildman–Crippen LogP) is 2.36. The summed E-state index contributed by atoms with van der Waals surface area (Å²) in [6.07, 6.45) is 6.25. The second kappa shape index (κ2) is 5.05. The molecule has 94 valence electrons. The Morgan fingerprint density at radius 1 is 1.47 bits per heavy atom. The smallest absolute Gasteiger partial charge is 0.0556 e. The van der Waals surface area contributed by atoms with E-state index < -0.39 is 0 Å². The van der Waals surface area contributed by atoms with Crippen molar-refractivity contribution in [2.75, 3.05) is 24.5 Å². The second-order valence-electron chi connectivity index (χ2n) is 5.34. The molecular weight excluding hydrogens is 210 g/mol. The van der Waals surface area contributed by atoms with E-state index in [0.717, 1.165) is 26.1 Å². The van der Waals surface area contributed by atoms with Crippen LogP contribution in [0.4, 0.5) is 5.69 Å². The number of anilines is 1. The van der Waals surface area contributed by atoms with Gasteiger partial charge in [0.2, 0.25) is 0 Å². The quantitative estimate of drug-likeness (QED) is 0.850. The van der Waals surface area contributed by atoms with E-state index in [0.29, 0.717) is 0 Å². The first-order chi connectivity index (χ1) is 8.13. The van der Waals surface area contributed by atoms with Crippen LogP contribution in [-0.2, 0) is 0 Å². The van der Waals surface area contributed by atoms with Crippen LogP contribution in [0.1, 0.15) is 32.3 Å². The zero-order chi connectivity index (χ0) is 12.3. The van der Waals surface area contributed by atoms with Crippen molar-refractivity contribution in [1.82, 2.24) is 10.3 Å². The van der Waals surface area contributed by atoms with Gasteiger partial charge in [0.15, 0.2) is 0 Å². The van der Waals surface area contributed by atoms with Crippen molar-refractivity contribution < 1.29 is 0 Å². The van der Waals surface area contributed by atoms with Gasteiger partial charge in [-0.3, -0.25) is 4.98 Å². The number of hydrogen-bond acceptors (Lipinski definition) is 3. The van der Waals surface area contributed by atoms with E-state index in [1.807, 2.05) is 12.4 Å². The third-order valence-electron chi connectivity index (χ3n) is 3.70. The molecule has 2 heterocycles. The van der Waals surface area contributed by atoms with Crippen LogP contribution in [0.25, 0.3) is 0 Å². The minimum Gasteiger partial charge on any atom is -0.368 e. The fourth-order valence-corrected chi connectivity index (χ4v) is 2.39. The first-order valence-corrected chi connectivity index (χ1v) is 6.54. The molecule has 1 saturated heterocycles. The lowest BCUT2D eigenvalue weighted by atomic mass is 9.98. The van der Waals surface area contributed by atoms with Crippen LogP contribution in [0, 0.1) is 6.92 Å². The van der Waals surface area contributed by atoms with Gasteiger partial charge in [0, 0.05) is 24.8 Å². The molecule has 1 unspecified atom stereocenters. The molecule has 2 rings (SSSR count). The normalized spacial score (nSPS) is 25.7. The van der Waals surface area contributed by atoms with E-state index in [9.17, 15) is 0 Å². The Hall–Kier alpha value is -1.09. The van der Waals surface area contributed by atoms with Crippen molar-refractivity contribution in [3.63, 3.8) is 0 Å². The van der Waals surface area contributed by atoms with Gasteiger partial charge >= 0.3 is 0 Å². The highest BCUT2D eigenvalue weighted by molar-refractivity contribution is 5.46. The van der Waals surface area contributed by atoms with E-state index in [4.69, 9.17) is 0 Å². The summed E-state index contributed by atoms with van der Waals surface area (Å²) < 4.78 is 0. The van der Waals surface area contributed by atoms with Crippen molar-refractivity contribution in [3.05, 3.63) is 24.0 Å². The van der Waals surface area contributed by atoms with Crippen molar-refractivity contribution >= 4 is 5.69 Å². The molecule has 3 nitrogen and oxygen atoms in total. The van der Waals surface area contributed by atoms with Crippen LogP contribution in [0.3, 0.4) is 0 Å². The molecule has 1 fully saturated rings. The lowest BCUT2D eigenvalue weighted by Crippen LogP contribution is -2.48. The molecule has 0 bridgehead atoms. The van der Waals surface area contributed by atoms with Crippen LogP contribution >= 0.6 is 0 Å². The fourth-order valence-electron chi connectivity index (χ4n) is 2.39. The second-order valence-corrected chi connectivity index (χ2v) is 5.34. The van der Waals surface area contributed by atoms with Crippen LogP contribution < -0.4 is 10.2 Å². The molecular formula is C14H23N3. The minimum atomic E-state index is 0.222. The number of pyridine rings is 1. The molecule has 1 aliphatic rings. The monoisotopic (exact) mass is 233 g/mol. The van der Waals surface area contributed by atoms with Crippen LogP contribution in [0.2, 0.25) is 0 Å². The summed E-state index contributed by atoms with van der Waals surface area (Å²) in [4.78, 5) is 6.76. The predicted molar refractivity (Wildman–Crippen MR) is 72.5 cm³/mol. The Kier molecular flexibility index (Phi) is 3.67. The van der Waals surface area contributed by atoms with Gasteiger partial charge in [-0.05, 0) is 44.9 Å². The summed E-state index contributed by atoms with van der Waals surface area (Å²) in [5, 5.41) is 3.66. The van der Waals surface area contributed by atoms with Gasteiger partial charge in [0.1, 0.15) is 0 Å². The highest BCUT2D eigenvalue weighted by atomic mass is 15.2. The van der Waals surface area contributed by atoms with E-state index in [1.165, 1.54) is 17.7 Å². The molecule has 17 heavy (non-hydrogen) atoms. The largest absolute Gasteiger partial charge is 0.368 e. The maximum Gasteiger partial charge on any atom is 0.0556 e. The van der Waals surface area contributed by atoms with Crippen molar-refractivity contribution in [2.45, 2.75) is 39.2 Å². The van der Waals surface area contributed by atoms with E-state index >= 15 is 0 Å². The zero-order valence-electron chi connectivity index (χ0n) is 11.2. The van der Waals surface area contributed by atoms with Gasteiger partial charge in [-0.15, -0.1) is 0 Å². The van der Waals surface area contributed by atoms with Gasteiger partial charge in [-0.2, -0.15) is 0 Å². The Morgan fingerprint density at radius 3 is 3.00 bits per heavy atom. The molecule has 1 aliphatic heterocycles. The molecule has 0 amide bonds. The molecule has 0 aliphatic carbocycles. The minimum absolute atomic E-state index is 0.222. The maximum atomic E-state index is 4.30. The summed E-state index contributed by atoms with van der Waals surface area (Å²) in [5.41, 5.74) is 2.71. The maximum absolute atomic E-state index is 4.30. The van der Waals surface area contributed by atoms with Crippen LogP contribution in [0.15, 0.2) is 18.5 Å². The van der Waals surface area contributed by atoms with Crippen LogP contribution in [0.5, 0.6) is 0 Å². The van der Waals surface area contributed by atoms with E-state index in [-0.39, 0.29) is 5.54 Å². The highest BCUT2D eigenvalue weighted by Crippen LogP contribution is 2.21. The highest BCUT2D eigenvalue weighted by Gasteiger charge is 2.27. The Labute approximate surface area is 104 Å². The molecule has 3 heteroatoms. The number of aryl methyl sites for hydroxylation is 1. The summed E-state index contributed by atoms with van der Waals surface area (Å²) in [5.74, 6) is 0.